The topological polar surface area (TPSA) is 57.5 Å². The molecular weight excluding hydrogens is 156 g/mol. The van der Waals surface area contributed by atoms with Gasteiger partial charge in [0, 0.05) is 6.42 Å². The lowest BCUT2D eigenvalue weighted by Crippen LogP contribution is -2.34. The van der Waals surface area contributed by atoms with Crippen LogP contribution in [0, 0.1) is 5.92 Å². The first-order valence-electron chi connectivity index (χ1n) is 4.36. The van der Waals surface area contributed by atoms with Gasteiger partial charge in [-0.25, -0.2) is 0 Å². The smallest absolute Gasteiger partial charge is 0.303 e. The highest BCUT2D eigenvalue weighted by atomic mass is 16.4. The van der Waals surface area contributed by atoms with Gasteiger partial charge >= 0.3 is 5.97 Å². The minimum Gasteiger partial charge on any atom is -0.481 e. The Morgan fingerprint density at radius 3 is 2.25 bits per heavy atom. The molecule has 0 saturated carbocycles. The van der Waals surface area contributed by atoms with Gasteiger partial charge in [-0.05, 0) is 18.8 Å². The second-order valence-electron chi connectivity index (χ2n) is 3.51. The van der Waals surface area contributed by atoms with Gasteiger partial charge in [-0.3, -0.25) is 4.79 Å². The van der Waals surface area contributed by atoms with Gasteiger partial charge < -0.3 is 10.2 Å². The van der Waals surface area contributed by atoms with Crippen LogP contribution in [-0.4, -0.2) is 21.8 Å². The van der Waals surface area contributed by atoms with E-state index in [9.17, 15) is 9.90 Å². The van der Waals surface area contributed by atoms with Crippen LogP contribution in [0.2, 0.25) is 0 Å². The van der Waals surface area contributed by atoms with E-state index in [2.05, 4.69) is 0 Å². The highest BCUT2D eigenvalue weighted by Crippen LogP contribution is 2.26. The molecule has 1 unspecified atom stereocenters. The van der Waals surface area contributed by atoms with Crippen molar-refractivity contribution in [1.29, 1.82) is 0 Å². The van der Waals surface area contributed by atoms with E-state index in [1.807, 2.05) is 20.8 Å². The van der Waals surface area contributed by atoms with E-state index in [4.69, 9.17) is 5.11 Å². The second kappa shape index (κ2) is 4.45. The molecule has 0 aliphatic heterocycles. The molecule has 1 atom stereocenters. The Balaban J connectivity index is 4.05. The second-order valence-corrected chi connectivity index (χ2v) is 3.51. The molecule has 0 fully saturated rings. The third-order valence-electron chi connectivity index (χ3n) is 2.46. The summed E-state index contributed by atoms with van der Waals surface area (Å²) in [6.07, 6.45) is 0.997. The summed E-state index contributed by atoms with van der Waals surface area (Å²) in [4.78, 5) is 10.3. The fraction of sp³-hybridized carbons (Fsp3) is 0.889. The predicted molar refractivity (Wildman–Crippen MR) is 46.9 cm³/mol. The van der Waals surface area contributed by atoms with Gasteiger partial charge in [0.2, 0.25) is 0 Å². The van der Waals surface area contributed by atoms with Crippen LogP contribution in [0.25, 0.3) is 0 Å². The Morgan fingerprint density at radius 2 is 2.00 bits per heavy atom. The Hall–Kier alpha value is -0.570. The van der Waals surface area contributed by atoms with Crippen LogP contribution >= 0.6 is 0 Å². The van der Waals surface area contributed by atoms with Crippen molar-refractivity contribution < 1.29 is 15.0 Å². The van der Waals surface area contributed by atoms with E-state index in [0.29, 0.717) is 12.8 Å². The number of carboxylic acid groups (broad SMARTS) is 1. The summed E-state index contributed by atoms with van der Waals surface area (Å²) in [6.45, 7) is 5.69. The van der Waals surface area contributed by atoms with Crippen LogP contribution in [-0.2, 0) is 4.79 Å². The fourth-order valence-corrected chi connectivity index (χ4v) is 1.20. The lowest BCUT2D eigenvalue weighted by atomic mass is 9.84. The highest BCUT2D eigenvalue weighted by molar-refractivity contribution is 5.66. The van der Waals surface area contributed by atoms with E-state index in [1.54, 1.807) is 0 Å². The maximum atomic E-state index is 10.3. The molecule has 0 saturated heterocycles. The maximum Gasteiger partial charge on any atom is 0.303 e. The van der Waals surface area contributed by atoms with E-state index in [-0.39, 0.29) is 12.3 Å². The zero-order valence-corrected chi connectivity index (χ0v) is 8.00. The summed E-state index contributed by atoms with van der Waals surface area (Å²) in [5, 5.41) is 18.3. The zero-order valence-electron chi connectivity index (χ0n) is 8.00. The molecule has 0 radical (unpaired) electrons. The Kier molecular flexibility index (Phi) is 4.24. The molecule has 0 rings (SSSR count). The van der Waals surface area contributed by atoms with Crippen molar-refractivity contribution >= 4 is 5.97 Å². The third-order valence-corrected chi connectivity index (χ3v) is 2.46. The predicted octanol–water partition coefficient (Wildman–Crippen LogP) is 1.65. The number of hydrogen-bond acceptors (Lipinski definition) is 2. The van der Waals surface area contributed by atoms with Gasteiger partial charge in [0.05, 0.1) is 5.60 Å². The first-order valence-corrected chi connectivity index (χ1v) is 4.36. The minimum absolute atomic E-state index is 0.0442. The van der Waals surface area contributed by atoms with Crippen molar-refractivity contribution in [2.45, 2.75) is 45.6 Å². The molecule has 0 aliphatic carbocycles. The normalized spacial score (nSPS) is 16.1. The molecule has 0 aromatic rings. The summed E-state index contributed by atoms with van der Waals surface area (Å²) in [7, 11) is 0. The van der Waals surface area contributed by atoms with Gasteiger partial charge in [-0.2, -0.15) is 0 Å². The molecule has 0 bridgehead atoms. The van der Waals surface area contributed by atoms with Crippen molar-refractivity contribution in [3.8, 4) is 0 Å². The molecule has 2 N–H and O–H groups in total. The summed E-state index contributed by atoms with van der Waals surface area (Å²) in [6, 6.07) is 0. The first kappa shape index (κ1) is 11.4. The van der Waals surface area contributed by atoms with Crippen LogP contribution in [0.15, 0.2) is 0 Å². The Bertz CT molecular complexity index is 154. The maximum absolute atomic E-state index is 10.3. The molecule has 72 valence electrons. The van der Waals surface area contributed by atoms with Crippen molar-refractivity contribution in [2.24, 2.45) is 5.92 Å². The number of hydrogen-bond donors (Lipinski definition) is 2. The lowest BCUT2D eigenvalue weighted by molar-refractivity contribution is -0.139. The van der Waals surface area contributed by atoms with E-state index < -0.39 is 11.6 Å². The molecular formula is C9H18O3. The highest BCUT2D eigenvalue weighted by Gasteiger charge is 2.28. The Morgan fingerprint density at radius 1 is 1.50 bits per heavy atom. The number of aliphatic hydroxyl groups is 1. The SMILES string of the molecule is CCC(O)(CCC(=O)O)C(C)C. The van der Waals surface area contributed by atoms with Crippen LogP contribution in [0.1, 0.15) is 40.0 Å². The Labute approximate surface area is 73.4 Å². The third kappa shape index (κ3) is 3.22. The van der Waals surface area contributed by atoms with Gasteiger partial charge in [-0.15, -0.1) is 0 Å². The lowest BCUT2D eigenvalue weighted by Gasteiger charge is -2.30. The van der Waals surface area contributed by atoms with Gasteiger partial charge in [0.25, 0.3) is 0 Å². The summed E-state index contributed by atoms with van der Waals surface area (Å²) >= 11 is 0. The average molecular weight is 174 g/mol. The fourth-order valence-electron chi connectivity index (χ4n) is 1.20. The number of carboxylic acids is 1. The summed E-state index contributed by atoms with van der Waals surface area (Å²) in [5.74, 6) is -0.732. The van der Waals surface area contributed by atoms with Crippen LogP contribution in [0.5, 0.6) is 0 Å². The zero-order chi connectivity index (χ0) is 9.78. The van der Waals surface area contributed by atoms with Crippen molar-refractivity contribution in [3.63, 3.8) is 0 Å². The molecule has 3 heteroatoms. The summed E-state index contributed by atoms with van der Waals surface area (Å²) in [5.41, 5.74) is -0.807. The van der Waals surface area contributed by atoms with Gasteiger partial charge in [0.15, 0.2) is 0 Å². The van der Waals surface area contributed by atoms with Crippen LogP contribution in [0.4, 0.5) is 0 Å². The quantitative estimate of drug-likeness (QED) is 0.666. The molecule has 12 heavy (non-hydrogen) atoms. The number of rotatable bonds is 5. The van der Waals surface area contributed by atoms with Gasteiger partial charge in [0.1, 0.15) is 0 Å². The first-order chi connectivity index (χ1) is 5.42. The minimum atomic E-state index is -0.845. The number of aliphatic carboxylic acids is 1. The standard InChI is InChI=1S/C9H18O3/c1-4-9(12,7(2)3)6-5-8(10)11/h7,12H,4-6H2,1-3H3,(H,10,11). The molecule has 0 amide bonds. The monoisotopic (exact) mass is 174 g/mol. The molecule has 0 aromatic carbocycles. The molecule has 0 heterocycles. The molecule has 0 aromatic heterocycles. The summed E-state index contributed by atoms with van der Waals surface area (Å²) < 4.78 is 0. The van der Waals surface area contributed by atoms with E-state index >= 15 is 0 Å². The molecule has 3 nitrogen and oxygen atoms in total. The average Bonchev–Trinajstić information content (AvgIpc) is 1.99. The van der Waals surface area contributed by atoms with Crippen molar-refractivity contribution in [1.82, 2.24) is 0 Å². The number of carbonyl (C=O) groups is 1. The van der Waals surface area contributed by atoms with E-state index in [0.717, 1.165) is 0 Å². The largest absolute Gasteiger partial charge is 0.481 e. The van der Waals surface area contributed by atoms with Crippen LogP contribution in [0.3, 0.4) is 0 Å². The van der Waals surface area contributed by atoms with Crippen molar-refractivity contribution in [2.75, 3.05) is 0 Å². The van der Waals surface area contributed by atoms with Crippen molar-refractivity contribution in [3.05, 3.63) is 0 Å². The molecule has 0 aliphatic rings. The van der Waals surface area contributed by atoms with Gasteiger partial charge in [-0.1, -0.05) is 20.8 Å². The molecule has 0 spiro atoms. The van der Waals surface area contributed by atoms with E-state index in [1.165, 1.54) is 0 Å². The van der Waals surface area contributed by atoms with Crippen LogP contribution < -0.4 is 0 Å².